The molecule has 0 saturated carbocycles. The van der Waals surface area contributed by atoms with Crippen molar-refractivity contribution < 1.29 is 33.9 Å². The molecule has 16 heavy (non-hydrogen) atoms. The van der Waals surface area contributed by atoms with E-state index in [-0.39, 0.29) is 0 Å². The van der Waals surface area contributed by atoms with Crippen molar-refractivity contribution in [1.82, 2.24) is 0 Å². The number of hydrogen-bond acceptors (Lipinski definition) is 7. The van der Waals surface area contributed by atoms with Gasteiger partial charge in [0.1, 0.15) is 6.10 Å². The molecule has 0 spiro atoms. The molecule has 92 valence electrons. The lowest BCUT2D eigenvalue weighted by Gasteiger charge is -2.13. The van der Waals surface area contributed by atoms with Gasteiger partial charge in [0.2, 0.25) is 0 Å². The van der Waals surface area contributed by atoms with E-state index in [4.69, 9.17) is 32.7 Å². The Kier molecular flexibility index (Phi) is 4.09. The highest BCUT2D eigenvalue weighted by Crippen LogP contribution is 2.60. The van der Waals surface area contributed by atoms with E-state index in [1.165, 1.54) is 0 Å². The highest BCUT2D eigenvalue weighted by Gasteiger charge is 2.42. The number of hydrogen-bond donors (Lipinski definition) is 3. The molecule has 1 aliphatic rings. The predicted octanol–water partition coefficient (Wildman–Crippen LogP) is 0.637. The number of ether oxygens (including phenoxy) is 1. The summed E-state index contributed by atoms with van der Waals surface area (Å²) in [6.45, 7) is -0.755. The van der Waals surface area contributed by atoms with Gasteiger partial charge in [-0.15, -0.1) is 0 Å². The first-order chi connectivity index (χ1) is 7.26. The third-order valence-electron chi connectivity index (χ3n) is 1.66. The fourth-order valence-electron chi connectivity index (χ4n) is 1.01. The van der Waals surface area contributed by atoms with E-state index in [0.29, 0.717) is 0 Å². The van der Waals surface area contributed by atoms with Crippen molar-refractivity contribution in [3.05, 3.63) is 11.5 Å². The van der Waals surface area contributed by atoms with Crippen LogP contribution >= 0.6 is 28.6 Å². The van der Waals surface area contributed by atoms with E-state index >= 15 is 0 Å². The topological polar surface area (TPSA) is 113 Å². The Morgan fingerprint density at radius 1 is 1.56 bits per heavy atom. The third-order valence-corrected chi connectivity index (χ3v) is 2.46. The van der Waals surface area contributed by atoms with Crippen molar-refractivity contribution >= 4 is 34.5 Å². The molecule has 0 saturated heterocycles. The predicted molar refractivity (Wildman–Crippen MR) is 53.0 cm³/mol. The molecule has 0 bridgehead atoms. The summed E-state index contributed by atoms with van der Waals surface area (Å²) >= 11 is 10.1. The third kappa shape index (κ3) is 3.02. The van der Waals surface area contributed by atoms with Gasteiger partial charge in [-0.2, -0.15) is 0 Å². The van der Waals surface area contributed by atoms with Crippen LogP contribution in [-0.2, 0) is 18.6 Å². The van der Waals surface area contributed by atoms with E-state index in [2.05, 4.69) is 9.26 Å². The first kappa shape index (κ1) is 13.6. The fourth-order valence-corrected chi connectivity index (χ4v) is 1.80. The van der Waals surface area contributed by atoms with Gasteiger partial charge in [0.15, 0.2) is 11.9 Å². The summed E-state index contributed by atoms with van der Waals surface area (Å²) in [5.41, 5.74) is 0. The van der Waals surface area contributed by atoms with Crippen molar-refractivity contribution in [3.8, 4) is 0 Å². The van der Waals surface area contributed by atoms with Crippen molar-refractivity contribution in [2.45, 2.75) is 12.2 Å². The lowest BCUT2D eigenvalue weighted by Crippen LogP contribution is -2.31. The van der Waals surface area contributed by atoms with Crippen LogP contribution in [0.4, 0.5) is 0 Å². The SMILES string of the molecule is O=C1O[C@H]([C@@H](O)CO)C(O)=C1OP(=O)(Cl)Cl. The maximum Gasteiger partial charge on any atom is 0.428 e. The van der Waals surface area contributed by atoms with Crippen LogP contribution in [0.5, 0.6) is 0 Å². The van der Waals surface area contributed by atoms with Gasteiger partial charge in [0, 0.05) is 22.5 Å². The molecule has 0 amide bonds. The Bertz CT molecular complexity index is 375. The monoisotopic (exact) mass is 292 g/mol. The van der Waals surface area contributed by atoms with Gasteiger partial charge in [-0.05, 0) is 0 Å². The number of carbonyl (C=O) groups is 1. The molecule has 0 aromatic heterocycles. The van der Waals surface area contributed by atoms with E-state index < -0.39 is 42.4 Å². The number of aliphatic hydroxyl groups excluding tert-OH is 3. The Balaban J connectivity index is 2.94. The Morgan fingerprint density at radius 2 is 2.12 bits per heavy atom. The van der Waals surface area contributed by atoms with Crippen LogP contribution in [0.1, 0.15) is 0 Å². The second-order valence-corrected chi connectivity index (χ2v) is 7.00. The Morgan fingerprint density at radius 3 is 2.56 bits per heavy atom. The van der Waals surface area contributed by atoms with E-state index in [1.54, 1.807) is 0 Å². The summed E-state index contributed by atoms with van der Waals surface area (Å²) in [6.07, 6.45) is -7.10. The summed E-state index contributed by atoms with van der Waals surface area (Å²) in [4.78, 5) is 11.1. The molecule has 0 aliphatic carbocycles. The van der Waals surface area contributed by atoms with Crippen molar-refractivity contribution in [2.24, 2.45) is 0 Å². The minimum atomic E-state index is -4.07. The van der Waals surface area contributed by atoms with Crippen molar-refractivity contribution in [1.29, 1.82) is 0 Å². The maximum absolute atomic E-state index is 11.1. The molecule has 1 rings (SSSR count). The summed E-state index contributed by atoms with van der Waals surface area (Å²) < 4.78 is 19.6. The van der Waals surface area contributed by atoms with E-state index in [0.717, 1.165) is 0 Å². The van der Waals surface area contributed by atoms with Gasteiger partial charge in [-0.3, -0.25) is 0 Å². The minimum absolute atomic E-state index is 0.755. The second-order valence-electron chi connectivity index (χ2n) is 2.80. The lowest BCUT2D eigenvalue weighted by atomic mass is 10.2. The molecule has 1 aliphatic heterocycles. The number of carbonyl (C=O) groups excluding carboxylic acids is 1. The smallest absolute Gasteiger partial charge is 0.428 e. The van der Waals surface area contributed by atoms with Gasteiger partial charge in [-0.1, -0.05) is 0 Å². The van der Waals surface area contributed by atoms with Crippen LogP contribution in [0.3, 0.4) is 0 Å². The molecule has 1 heterocycles. The standard InChI is InChI=1S/C6H7Cl2O7P/c7-16(8,13)15-5-3(11)4(2(10)1-9)14-6(5)12/h2,4,9-11H,1H2/t2-,4+/m0/s1. The summed E-state index contributed by atoms with van der Waals surface area (Å²) in [6, 6.07) is 0. The van der Waals surface area contributed by atoms with Gasteiger partial charge in [-0.25, -0.2) is 9.36 Å². The van der Waals surface area contributed by atoms with Gasteiger partial charge < -0.3 is 24.6 Å². The molecule has 0 fully saturated rings. The zero-order chi connectivity index (χ0) is 12.5. The number of cyclic esters (lactones) is 1. The zero-order valence-electron chi connectivity index (χ0n) is 7.54. The van der Waals surface area contributed by atoms with Gasteiger partial charge >= 0.3 is 12.0 Å². The van der Waals surface area contributed by atoms with E-state index in [9.17, 15) is 14.5 Å². The molecule has 0 unspecified atom stereocenters. The highest BCUT2D eigenvalue weighted by molar-refractivity contribution is 8.05. The average molecular weight is 293 g/mol. The summed E-state index contributed by atoms with van der Waals surface area (Å²) in [5, 5.41) is 27.1. The van der Waals surface area contributed by atoms with Crippen molar-refractivity contribution in [2.75, 3.05) is 6.61 Å². The number of rotatable bonds is 4. The Labute approximate surface area is 99.2 Å². The largest absolute Gasteiger partial charge is 0.505 e. The molecule has 3 N–H and O–H groups in total. The average Bonchev–Trinajstić information content (AvgIpc) is 2.42. The van der Waals surface area contributed by atoms with Gasteiger partial charge in [0.05, 0.1) is 6.61 Å². The molecule has 7 nitrogen and oxygen atoms in total. The van der Waals surface area contributed by atoms with Crippen LogP contribution in [0.25, 0.3) is 0 Å². The maximum atomic E-state index is 11.1. The highest BCUT2D eigenvalue weighted by atomic mass is 35.9. The fraction of sp³-hybridized carbons (Fsp3) is 0.500. The first-order valence-corrected chi connectivity index (χ1v) is 7.31. The molecule has 10 heteroatoms. The van der Waals surface area contributed by atoms with Crippen LogP contribution < -0.4 is 0 Å². The minimum Gasteiger partial charge on any atom is -0.505 e. The summed E-state index contributed by atoms with van der Waals surface area (Å²) in [7, 11) is 0. The number of esters is 1. The molecule has 0 radical (unpaired) electrons. The first-order valence-electron chi connectivity index (χ1n) is 3.88. The van der Waals surface area contributed by atoms with Crippen LogP contribution in [-0.4, -0.2) is 40.1 Å². The zero-order valence-corrected chi connectivity index (χ0v) is 9.95. The van der Waals surface area contributed by atoms with Crippen molar-refractivity contribution in [3.63, 3.8) is 0 Å². The molecule has 0 aromatic rings. The molecular weight excluding hydrogens is 286 g/mol. The van der Waals surface area contributed by atoms with Gasteiger partial charge in [0.25, 0.3) is 5.76 Å². The molecule has 0 aromatic carbocycles. The van der Waals surface area contributed by atoms with Crippen LogP contribution in [0, 0.1) is 0 Å². The summed E-state index contributed by atoms with van der Waals surface area (Å²) in [5.74, 6) is -2.85. The normalized spacial score (nSPS) is 23.2. The molecular formula is C6H7Cl2O7P. The Hall–Kier alpha value is -0.460. The quantitative estimate of drug-likeness (QED) is 0.514. The number of aliphatic hydroxyl groups is 3. The lowest BCUT2D eigenvalue weighted by molar-refractivity contribution is -0.147. The molecule has 2 atom stereocenters. The second kappa shape index (κ2) is 4.81. The van der Waals surface area contributed by atoms with Crippen LogP contribution in [0.15, 0.2) is 11.5 Å². The van der Waals surface area contributed by atoms with E-state index in [1.807, 2.05) is 0 Å². The van der Waals surface area contributed by atoms with Crippen LogP contribution in [0.2, 0.25) is 0 Å². The number of halogens is 2.